The number of hydrogen-bond acceptors (Lipinski definition) is 4. The number of likely N-dealkylation sites (tertiary alicyclic amines) is 1. The lowest BCUT2D eigenvalue weighted by Crippen LogP contribution is -2.55. The van der Waals surface area contributed by atoms with Gasteiger partial charge in [-0.2, -0.15) is 0 Å². The Morgan fingerprint density at radius 1 is 1.10 bits per heavy atom. The van der Waals surface area contributed by atoms with Crippen molar-refractivity contribution in [3.05, 3.63) is 59.7 Å². The van der Waals surface area contributed by atoms with Crippen LogP contribution in [0.5, 0.6) is 5.75 Å². The van der Waals surface area contributed by atoms with Gasteiger partial charge in [0.25, 0.3) is 5.91 Å². The van der Waals surface area contributed by atoms with E-state index in [2.05, 4.69) is 30.0 Å². The van der Waals surface area contributed by atoms with Gasteiger partial charge in [0.05, 0.1) is 19.3 Å². The van der Waals surface area contributed by atoms with Crippen LogP contribution in [0.15, 0.2) is 48.5 Å². The topological polar surface area (TPSA) is 42.0 Å². The van der Waals surface area contributed by atoms with Gasteiger partial charge < -0.3 is 14.4 Å². The monoisotopic (exact) mass is 394 g/mol. The number of aryl methyl sites for hydroxylation is 1. The Balaban J connectivity index is 1.45. The molecule has 2 aliphatic heterocycles. The molecule has 2 aliphatic rings. The molecule has 29 heavy (non-hydrogen) atoms. The van der Waals surface area contributed by atoms with Crippen molar-refractivity contribution >= 4 is 11.6 Å². The fourth-order valence-corrected chi connectivity index (χ4v) is 4.47. The molecule has 5 heteroatoms. The predicted molar refractivity (Wildman–Crippen MR) is 114 cm³/mol. The first-order valence-electron chi connectivity index (χ1n) is 10.4. The minimum Gasteiger partial charge on any atom is -0.496 e. The third-order valence-corrected chi connectivity index (χ3v) is 6.14. The van der Waals surface area contributed by atoms with Crippen LogP contribution >= 0.6 is 0 Å². The Hall–Kier alpha value is -2.37. The highest BCUT2D eigenvalue weighted by Gasteiger charge is 2.41. The summed E-state index contributed by atoms with van der Waals surface area (Å²) in [7, 11) is 1.74. The number of hydrogen-bond donors (Lipinski definition) is 0. The van der Waals surface area contributed by atoms with E-state index in [9.17, 15) is 4.79 Å². The summed E-state index contributed by atoms with van der Waals surface area (Å²) < 4.78 is 11.8. The quantitative estimate of drug-likeness (QED) is 0.791. The summed E-state index contributed by atoms with van der Waals surface area (Å²) in [6.07, 6.45) is 2.97. The number of rotatable bonds is 4. The second-order valence-electron chi connectivity index (χ2n) is 8.23. The molecule has 1 spiro atoms. The van der Waals surface area contributed by atoms with E-state index >= 15 is 0 Å². The zero-order valence-corrected chi connectivity index (χ0v) is 17.4. The van der Waals surface area contributed by atoms with Gasteiger partial charge in [0.15, 0.2) is 0 Å². The maximum atomic E-state index is 12.5. The van der Waals surface area contributed by atoms with Crippen LogP contribution in [0.1, 0.15) is 30.4 Å². The van der Waals surface area contributed by atoms with E-state index < -0.39 is 0 Å². The van der Waals surface area contributed by atoms with E-state index in [4.69, 9.17) is 9.47 Å². The maximum Gasteiger partial charge on any atom is 0.253 e. The molecular weight excluding hydrogens is 364 g/mol. The molecule has 0 bridgehead atoms. The van der Waals surface area contributed by atoms with Crippen molar-refractivity contribution in [2.24, 2.45) is 0 Å². The maximum absolute atomic E-state index is 12.5. The average Bonchev–Trinajstić information content (AvgIpc) is 2.94. The number of methoxy groups -OCH3 is 1. The zero-order chi connectivity index (χ0) is 20.3. The second kappa shape index (κ2) is 8.56. The van der Waals surface area contributed by atoms with Gasteiger partial charge in [-0.1, -0.05) is 30.3 Å². The molecule has 1 unspecified atom stereocenters. The van der Waals surface area contributed by atoms with E-state index in [1.807, 2.05) is 35.2 Å². The molecule has 0 aromatic heterocycles. The van der Waals surface area contributed by atoms with Crippen LogP contribution in [0.3, 0.4) is 0 Å². The zero-order valence-electron chi connectivity index (χ0n) is 17.4. The first kappa shape index (κ1) is 19.9. The fourth-order valence-electron chi connectivity index (χ4n) is 4.47. The Bertz CT molecular complexity index is 854. The van der Waals surface area contributed by atoms with Crippen LogP contribution in [0.4, 0.5) is 5.69 Å². The van der Waals surface area contributed by atoms with E-state index in [0.29, 0.717) is 6.54 Å². The summed E-state index contributed by atoms with van der Waals surface area (Å²) in [4.78, 5) is 16.9. The molecule has 4 rings (SSSR count). The van der Waals surface area contributed by atoms with Gasteiger partial charge in [0, 0.05) is 24.3 Å². The smallest absolute Gasteiger partial charge is 0.253 e. The van der Waals surface area contributed by atoms with Crippen LogP contribution in [-0.4, -0.2) is 49.8 Å². The van der Waals surface area contributed by atoms with Gasteiger partial charge in [-0.05, 0) is 56.5 Å². The number of carbonyl (C=O) groups excluding carboxylic acids is 1. The molecule has 2 heterocycles. The van der Waals surface area contributed by atoms with Crippen LogP contribution in [0.25, 0.3) is 0 Å². The number of ether oxygens (including phenoxy) is 2. The molecule has 2 fully saturated rings. The van der Waals surface area contributed by atoms with E-state index in [1.165, 1.54) is 11.1 Å². The Kier molecular flexibility index (Phi) is 5.88. The molecule has 0 aliphatic carbocycles. The third-order valence-electron chi connectivity index (χ3n) is 6.14. The average molecular weight is 395 g/mol. The molecule has 5 nitrogen and oxygen atoms in total. The molecule has 2 aromatic rings. The molecule has 1 amide bonds. The summed E-state index contributed by atoms with van der Waals surface area (Å²) in [5, 5.41) is 0. The summed E-state index contributed by atoms with van der Waals surface area (Å²) in [5.74, 6) is 1.01. The number of anilines is 1. The van der Waals surface area contributed by atoms with Crippen molar-refractivity contribution in [1.82, 2.24) is 4.90 Å². The van der Waals surface area contributed by atoms with Gasteiger partial charge in [0.2, 0.25) is 0 Å². The summed E-state index contributed by atoms with van der Waals surface area (Å²) >= 11 is 0. The molecule has 0 saturated carbocycles. The molecule has 154 valence electrons. The number of amides is 1. The van der Waals surface area contributed by atoms with Crippen molar-refractivity contribution in [3.63, 3.8) is 0 Å². The lowest BCUT2D eigenvalue weighted by atomic mass is 9.92. The normalized spacial score (nSPS) is 23.2. The number of nitrogens with zero attached hydrogens (tertiary/aromatic N) is 2. The van der Waals surface area contributed by atoms with Gasteiger partial charge in [0.1, 0.15) is 12.4 Å². The second-order valence-corrected chi connectivity index (χ2v) is 8.23. The number of benzene rings is 2. The standard InChI is InChI=1S/C24H30N2O3/c1-19-9-10-20(22(15-19)28-2)16-25-13-6-11-24(12-14-25)18-26(23(27)17-29-24)21-7-4-3-5-8-21/h3-5,7-10,15H,6,11-14,16-18H2,1-2H3. The SMILES string of the molecule is COc1cc(C)ccc1CN1CCCC2(CC1)CN(c1ccccc1)C(=O)CO2. The van der Waals surface area contributed by atoms with Gasteiger partial charge in [-0.3, -0.25) is 9.69 Å². The van der Waals surface area contributed by atoms with Crippen molar-refractivity contribution < 1.29 is 14.3 Å². The first-order chi connectivity index (χ1) is 14.1. The molecule has 0 radical (unpaired) electrons. The predicted octanol–water partition coefficient (Wildman–Crippen LogP) is 3.79. The van der Waals surface area contributed by atoms with Crippen molar-refractivity contribution in [3.8, 4) is 5.75 Å². The number of carbonyl (C=O) groups is 1. The van der Waals surface area contributed by atoms with Crippen LogP contribution in [0.2, 0.25) is 0 Å². The Morgan fingerprint density at radius 3 is 2.72 bits per heavy atom. The summed E-state index contributed by atoms with van der Waals surface area (Å²) in [5.41, 5.74) is 3.14. The Labute approximate surface area is 173 Å². The van der Waals surface area contributed by atoms with Crippen molar-refractivity contribution in [2.75, 3.05) is 38.3 Å². The van der Waals surface area contributed by atoms with Crippen LogP contribution in [0, 0.1) is 6.92 Å². The number of para-hydroxylation sites is 1. The van der Waals surface area contributed by atoms with E-state index in [1.54, 1.807) is 7.11 Å². The molecule has 2 saturated heterocycles. The van der Waals surface area contributed by atoms with E-state index in [-0.39, 0.29) is 18.1 Å². The minimum atomic E-state index is -0.254. The lowest BCUT2D eigenvalue weighted by molar-refractivity contribution is -0.140. The summed E-state index contributed by atoms with van der Waals surface area (Å²) in [6.45, 7) is 5.75. The van der Waals surface area contributed by atoms with Crippen molar-refractivity contribution in [1.29, 1.82) is 0 Å². The van der Waals surface area contributed by atoms with Crippen molar-refractivity contribution in [2.45, 2.75) is 38.3 Å². The van der Waals surface area contributed by atoms with Gasteiger partial charge in [-0.25, -0.2) is 0 Å². The minimum absolute atomic E-state index is 0.0484. The van der Waals surface area contributed by atoms with Gasteiger partial charge >= 0.3 is 0 Å². The summed E-state index contributed by atoms with van der Waals surface area (Å²) in [6, 6.07) is 16.4. The molecule has 2 aromatic carbocycles. The molecular formula is C24H30N2O3. The highest BCUT2D eigenvalue weighted by atomic mass is 16.5. The highest BCUT2D eigenvalue weighted by molar-refractivity contribution is 5.95. The molecule has 1 atom stereocenters. The number of morpholine rings is 1. The van der Waals surface area contributed by atoms with Crippen LogP contribution in [-0.2, 0) is 16.1 Å². The largest absolute Gasteiger partial charge is 0.496 e. The first-order valence-corrected chi connectivity index (χ1v) is 10.4. The fraction of sp³-hybridized carbons (Fsp3) is 0.458. The van der Waals surface area contributed by atoms with Gasteiger partial charge in [-0.15, -0.1) is 0 Å². The third kappa shape index (κ3) is 4.46. The molecule has 0 N–H and O–H groups in total. The Morgan fingerprint density at radius 2 is 1.93 bits per heavy atom. The van der Waals surface area contributed by atoms with Crippen LogP contribution < -0.4 is 9.64 Å². The highest BCUT2D eigenvalue weighted by Crippen LogP contribution is 2.33. The lowest BCUT2D eigenvalue weighted by Gasteiger charge is -2.42. The van der Waals surface area contributed by atoms with E-state index in [0.717, 1.165) is 50.3 Å².